The molecule has 2 nitrogen and oxygen atoms in total. The average molecular weight is 291 g/mol. The molecule has 0 radical (unpaired) electrons. The van der Waals surface area contributed by atoms with Crippen LogP contribution in [0.5, 0.6) is 5.75 Å². The van der Waals surface area contributed by atoms with E-state index in [1.807, 2.05) is 12.1 Å². The Morgan fingerprint density at radius 2 is 2.00 bits per heavy atom. The van der Waals surface area contributed by atoms with Gasteiger partial charge in [0.15, 0.2) is 11.6 Å². The summed E-state index contributed by atoms with van der Waals surface area (Å²) in [5, 5.41) is 3.68. The maximum absolute atomic E-state index is 14.5. The molecular weight excluding hydrogens is 265 g/mol. The normalized spacial score (nSPS) is 21.2. The second-order valence-electron chi connectivity index (χ2n) is 6.83. The molecule has 2 aliphatic carbocycles. The fourth-order valence-electron chi connectivity index (χ4n) is 3.62. The highest BCUT2D eigenvalue weighted by atomic mass is 19.1. The highest BCUT2D eigenvalue weighted by Gasteiger charge is 2.35. The lowest BCUT2D eigenvalue weighted by Crippen LogP contribution is -2.39. The minimum Gasteiger partial charge on any atom is -0.494 e. The van der Waals surface area contributed by atoms with Gasteiger partial charge >= 0.3 is 0 Å². The van der Waals surface area contributed by atoms with Crippen LogP contribution in [-0.2, 0) is 6.42 Å². The Hall–Kier alpha value is -1.09. The van der Waals surface area contributed by atoms with Crippen LogP contribution < -0.4 is 10.1 Å². The zero-order valence-corrected chi connectivity index (χ0v) is 13.0. The molecule has 116 valence electrons. The first-order valence-electron chi connectivity index (χ1n) is 8.27. The first-order chi connectivity index (χ1) is 10.2. The molecule has 0 aliphatic heterocycles. The molecule has 3 rings (SSSR count). The van der Waals surface area contributed by atoms with Gasteiger partial charge < -0.3 is 10.1 Å². The van der Waals surface area contributed by atoms with Gasteiger partial charge in [0.1, 0.15) is 0 Å². The number of halogens is 1. The number of ether oxygens (including phenoxy) is 1. The maximum atomic E-state index is 14.5. The minimum absolute atomic E-state index is 0.170. The van der Waals surface area contributed by atoms with Crippen LogP contribution >= 0.6 is 0 Å². The Kier molecular flexibility index (Phi) is 4.48. The van der Waals surface area contributed by atoms with Crippen LogP contribution in [0.25, 0.3) is 0 Å². The molecule has 3 heteroatoms. The van der Waals surface area contributed by atoms with E-state index in [0.29, 0.717) is 5.75 Å². The molecule has 2 aliphatic rings. The predicted octanol–water partition coefficient (Wildman–Crippen LogP) is 4.08. The van der Waals surface area contributed by atoms with Crippen LogP contribution in [0.15, 0.2) is 18.2 Å². The Balaban J connectivity index is 1.76. The van der Waals surface area contributed by atoms with Gasteiger partial charge in [-0.15, -0.1) is 0 Å². The van der Waals surface area contributed by atoms with Crippen LogP contribution in [0, 0.1) is 11.2 Å². The van der Waals surface area contributed by atoms with Crippen molar-refractivity contribution in [2.24, 2.45) is 5.41 Å². The van der Waals surface area contributed by atoms with Gasteiger partial charge in [-0.2, -0.15) is 0 Å². The third kappa shape index (κ3) is 3.57. The number of benzene rings is 1. The summed E-state index contributed by atoms with van der Waals surface area (Å²) in [7, 11) is 1.53. The van der Waals surface area contributed by atoms with Gasteiger partial charge in [-0.25, -0.2) is 4.39 Å². The largest absolute Gasteiger partial charge is 0.494 e. The Labute approximate surface area is 127 Å². The molecule has 1 N–H and O–H groups in total. The van der Waals surface area contributed by atoms with Crippen molar-refractivity contribution in [2.75, 3.05) is 13.7 Å². The van der Waals surface area contributed by atoms with Gasteiger partial charge in [-0.05, 0) is 49.1 Å². The highest BCUT2D eigenvalue weighted by Crippen LogP contribution is 2.40. The van der Waals surface area contributed by atoms with Gasteiger partial charge in [0.25, 0.3) is 0 Å². The fourth-order valence-corrected chi connectivity index (χ4v) is 3.62. The molecule has 1 aromatic carbocycles. The molecule has 0 spiro atoms. The van der Waals surface area contributed by atoms with Crippen LogP contribution in [0.1, 0.15) is 50.5 Å². The number of hydrogen-bond donors (Lipinski definition) is 1. The van der Waals surface area contributed by atoms with E-state index in [-0.39, 0.29) is 11.2 Å². The zero-order chi connectivity index (χ0) is 14.7. The summed E-state index contributed by atoms with van der Waals surface area (Å²) in [6, 6.07) is 6.25. The summed E-state index contributed by atoms with van der Waals surface area (Å²) in [5.74, 6) is 0.199. The molecule has 2 saturated carbocycles. The average Bonchev–Trinajstić information content (AvgIpc) is 3.33. The van der Waals surface area contributed by atoms with Crippen molar-refractivity contribution in [1.29, 1.82) is 0 Å². The smallest absolute Gasteiger partial charge is 0.168 e. The van der Waals surface area contributed by atoms with Gasteiger partial charge in [0.05, 0.1) is 7.11 Å². The number of hydrogen-bond acceptors (Lipinski definition) is 2. The van der Waals surface area contributed by atoms with E-state index in [0.717, 1.165) is 24.6 Å². The molecule has 0 saturated heterocycles. The highest BCUT2D eigenvalue weighted by molar-refractivity contribution is 5.32. The first-order valence-corrected chi connectivity index (χ1v) is 8.27. The minimum atomic E-state index is -0.170. The van der Waals surface area contributed by atoms with Gasteiger partial charge in [0, 0.05) is 12.6 Å². The van der Waals surface area contributed by atoms with Crippen molar-refractivity contribution in [2.45, 2.75) is 57.4 Å². The zero-order valence-electron chi connectivity index (χ0n) is 13.0. The van der Waals surface area contributed by atoms with Crippen molar-refractivity contribution in [1.82, 2.24) is 5.32 Å². The van der Waals surface area contributed by atoms with Gasteiger partial charge in [-0.3, -0.25) is 0 Å². The lowest BCUT2D eigenvalue weighted by atomic mass is 9.70. The van der Waals surface area contributed by atoms with Crippen molar-refractivity contribution >= 4 is 0 Å². The summed E-state index contributed by atoms with van der Waals surface area (Å²) in [5.41, 5.74) is 1.04. The second kappa shape index (κ2) is 6.35. The first kappa shape index (κ1) is 14.8. The molecule has 0 amide bonds. The van der Waals surface area contributed by atoms with Crippen molar-refractivity contribution in [3.63, 3.8) is 0 Å². The molecule has 0 bridgehead atoms. The topological polar surface area (TPSA) is 21.3 Å². The van der Waals surface area contributed by atoms with Crippen molar-refractivity contribution < 1.29 is 9.13 Å². The number of rotatable bonds is 6. The quantitative estimate of drug-likeness (QED) is 0.852. The maximum Gasteiger partial charge on any atom is 0.168 e. The van der Waals surface area contributed by atoms with E-state index in [1.54, 1.807) is 6.07 Å². The Morgan fingerprint density at radius 3 is 2.67 bits per heavy atom. The molecule has 0 aromatic heterocycles. The lowest BCUT2D eigenvalue weighted by molar-refractivity contribution is 0.178. The lowest BCUT2D eigenvalue weighted by Gasteiger charge is -2.38. The van der Waals surface area contributed by atoms with Crippen molar-refractivity contribution in [3.05, 3.63) is 29.6 Å². The van der Waals surface area contributed by atoms with Gasteiger partial charge in [0.2, 0.25) is 0 Å². The fraction of sp³-hybridized carbons (Fsp3) is 0.667. The third-order valence-electron chi connectivity index (χ3n) is 5.09. The number of methoxy groups -OCH3 is 1. The SMILES string of the molecule is COc1cccc(CC2(CNC3CC3)CCCCC2)c1F. The van der Waals surface area contributed by atoms with Crippen LogP contribution in [0.3, 0.4) is 0 Å². The van der Waals surface area contributed by atoms with E-state index < -0.39 is 0 Å². The Morgan fingerprint density at radius 1 is 1.24 bits per heavy atom. The van der Waals surface area contributed by atoms with E-state index >= 15 is 0 Å². The molecule has 0 heterocycles. The standard InChI is InChI=1S/C18H26FNO/c1-21-16-7-5-6-14(17(16)19)12-18(10-3-2-4-11-18)13-20-15-8-9-15/h5-7,15,20H,2-4,8-13H2,1H3. The molecule has 2 fully saturated rings. The summed E-state index contributed by atoms with van der Waals surface area (Å²) in [4.78, 5) is 0. The van der Waals surface area contributed by atoms with E-state index in [1.165, 1.54) is 52.1 Å². The van der Waals surface area contributed by atoms with Crippen molar-refractivity contribution in [3.8, 4) is 5.75 Å². The second-order valence-corrected chi connectivity index (χ2v) is 6.83. The summed E-state index contributed by atoms with van der Waals surface area (Å²) in [6.07, 6.45) is 9.75. The molecule has 1 aromatic rings. The van der Waals surface area contributed by atoms with Crippen LogP contribution in [0.2, 0.25) is 0 Å². The van der Waals surface area contributed by atoms with E-state index in [4.69, 9.17) is 4.74 Å². The summed E-state index contributed by atoms with van der Waals surface area (Å²) >= 11 is 0. The summed E-state index contributed by atoms with van der Waals surface area (Å²) in [6.45, 7) is 1.04. The van der Waals surface area contributed by atoms with E-state index in [2.05, 4.69) is 5.32 Å². The molecule has 0 atom stereocenters. The monoisotopic (exact) mass is 291 g/mol. The van der Waals surface area contributed by atoms with Crippen LogP contribution in [0.4, 0.5) is 4.39 Å². The molecular formula is C18H26FNO. The van der Waals surface area contributed by atoms with E-state index in [9.17, 15) is 4.39 Å². The molecule has 0 unspecified atom stereocenters. The molecule has 21 heavy (non-hydrogen) atoms. The predicted molar refractivity (Wildman–Crippen MR) is 83.2 cm³/mol. The summed E-state index contributed by atoms with van der Waals surface area (Å²) < 4.78 is 19.6. The number of nitrogens with one attached hydrogen (secondary N) is 1. The van der Waals surface area contributed by atoms with Gasteiger partial charge in [-0.1, -0.05) is 31.4 Å². The Bertz CT molecular complexity index is 478. The third-order valence-corrected chi connectivity index (χ3v) is 5.09. The van der Waals surface area contributed by atoms with Crippen LogP contribution in [-0.4, -0.2) is 19.7 Å².